The number of nitrogens with two attached hydrogens (primary N) is 1. The molecule has 0 saturated heterocycles. The van der Waals surface area contributed by atoms with E-state index in [2.05, 4.69) is 4.99 Å². The summed E-state index contributed by atoms with van der Waals surface area (Å²) < 4.78 is 0. The lowest BCUT2D eigenvalue weighted by Gasteiger charge is -1.94. The van der Waals surface area contributed by atoms with Gasteiger partial charge in [0.25, 0.3) is 0 Å². The zero-order chi connectivity index (χ0) is 11.8. The number of nitrogens with zero attached hydrogens (tertiary/aromatic N) is 1. The summed E-state index contributed by atoms with van der Waals surface area (Å²) in [7, 11) is 0. The first kappa shape index (κ1) is 13.4. The molecule has 0 amide bonds. The summed E-state index contributed by atoms with van der Waals surface area (Å²) in [5.41, 5.74) is 7.24. The molecular formula is C12H19N3. The third kappa shape index (κ3) is 2.91. The molecule has 0 saturated carbocycles. The summed E-state index contributed by atoms with van der Waals surface area (Å²) in [6.07, 6.45) is 0. The number of hydrogen-bond donors (Lipinski definition) is 2. The topological polar surface area (TPSA) is 62.2 Å². The quantitative estimate of drug-likeness (QED) is 0.672. The lowest BCUT2D eigenvalue weighted by Crippen LogP contribution is -2.09. The van der Waals surface area contributed by atoms with Gasteiger partial charge >= 0.3 is 0 Å². The number of rotatable bonds is 0. The van der Waals surface area contributed by atoms with Crippen molar-refractivity contribution >= 4 is 11.7 Å². The molecule has 0 unspecified atom stereocenters. The number of fused-ring (bicyclic) bond motifs is 1. The fourth-order valence-corrected chi connectivity index (χ4v) is 1.15. The van der Waals surface area contributed by atoms with E-state index in [0.29, 0.717) is 5.84 Å². The van der Waals surface area contributed by atoms with Gasteiger partial charge in [0, 0.05) is 11.1 Å². The first-order valence-electron chi connectivity index (χ1n) is 5.31. The van der Waals surface area contributed by atoms with Gasteiger partial charge in [-0.2, -0.15) is 0 Å². The maximum Gasteiger partial charge on any atom is 0.154 e. The molecule has 1 aliphatic heterocycles. The average Bonchev–Trinajstić information content (AvgIpc) is 2.61. The molecule has 1 heterocycles. The SMILES string of the molecule is CC.CC.N=C1N=C(N)c2ccccc21. The van der Waals surface area contributed by atoms with Gasteiger partial charge in [-0.25, -0.2) is 4.99 Å². The second-order valence-corrected chi connectivity index (χ2v) is 2.39. The summed E-state index contributed by atoms with van der Waals surface area (Å²) in [6.45, 7) is 8.00. The van der Waals surface area contributed by atoms with Crippen molar-refractivity contribution in [2.75, 3.05) is 0 Å². The van der Waals surface area contributed by atoms with E-state index in [-0.39, 0.29) is 5.84 Å². The van der Waals surface area contributed by atoms with Crippen LogP contribution in [0.2, 0.25) is 0 Å². The minimum absolute atomic E-state index is 0.262. The van der Waals surface area contributed by atoms with Crippen molar-refractivity contribution in [1.82, 2.24) is 0 Å². The van der Waals surface area contributed by atoms with Crippen LogP contribution in [-0.2, 0) is 0 Å². The Kier molecular flexibility index (Phi) is 6.02. The van der Waals surface area contributed by atoms with Crippen LogP contribution >= 0.6 is 0 Å². The van der Waals surface area contributed by atoms with Gasteiger partial charge in [0.1, 0.15) is 5.84 Å². The van der Waals surface area contributed by atoms with Crippen LogP contribution in [0, 0.1) is 5.41 Å². The Morgan fingerprint density at radius 3 is 1.93 bits per heavy atom. The van der Waals surface area contributed by atoms with E-state index in [1.54, 1.807) is 0 Å². The lowest BCUT2D eigenvalue weighted by atomic mass is 10.1. The van der Waals surface area contributed by atoms with Crippen LogP contribution in [0.4, 0.5) is 0 Å². The highest BCUT2D eigenvalue weighted by atomic mass is 14.9. The molecule has 15 heavy (non-hydrogen) atoms. The van der Waals surface area contributed by atoms with Crippen molar-refractivity contribution in [2.24, 2.45) is 10.7 Å². The average molecular weight is 205 g/mol. The fraction of sp³-hybridized carbons (Fsp3) is 0.333. The van der Waals surface area contributed by atoms with Gasteiger partial charge in [0.05, 0.1) is 0 Å². The smallest absolute Gasteiger partial charge is 0.154 e. The number of aliphatic imine (C=N–C) groups is 1. The molecule has 0 fully saturated rings. The molecule has 3 nitrogen and oxygen atoms in total. The van der Waals surface area contributed by atoms with Crippen LogP contribution in [-0.4, -0.2) is 11.7 Å². The standard InChI is InChI=1S/C8H7N3.2C2H6/c9-7-5-3-1-2-4-6(5)8(10)11-7;2*1-2/h1-4H,(H3,9,10,11);2*1-2H3. The molecule has 1 aliphatic rings. The van der Waals surface area contributed by atoms with Crippen LogP contribution < -0.4 is 5.73 Å². The second kappa shape index (κ2) is 6.76. The van der Waals surface area contributed by atoms with Crippen molar-refractivity contribution < 1.29 is 0 Å². The summed E-state index contributed by atoms with van der Waals surface area (Å²) in [4.78, 5) is 3.83. The highest BCUT2D eigenvalue weighted by molar-refractivity contribution is 6.20. The summed E-state index contributed by atoms with van der Waals surface area (Å²) in [6, 6.07) is 7.48. The highest BCUT2D eigenvalue weighted by Crippen LogP contribution is 2.15. The molecule has 3 heteroatoms. The normalized spacial score (nSPS) is 11.5. The Morgan fingerprint density at radius 2 is 1.47 bits per heavy atom. The lowest BCUT2D eigenvalue weighted by molar-refractivity contribution is 1.45. The second-order valence-electron chi connectivity index (χ2n) is 2.39. The van der Waals surface area contributed by atoms with Crippen molar-refractivity contribution in [3.63, 3.8) is 0 Å². The van der Waals surface area contributed by atoms with Gasteiger partial charge < -0.3 is 5.73 Å². The van der Waals surface area contributed by atoms with Crippen molar-refractivity contribution in [1.29, 1.82) is 5.41 Å². The predicted octanol–water partition coefficient (Wildman–Crippen LogP) is 2.78. The molecule has 1 aromatic rings. The Hall–Kier alpha value is -1.64. The Balaban J connectivity index is 0.000000442. The number of amidine groups is 2. The van der Waals surface area contributed by atoms with Gasteiger partial charge in [-0.3, -0.25) is 5.41 Å². The van der Waals surface area contributed by atoms with Crippen molar-refractivity contribution in [2.45, 2.75) is 27.7 Å². The van der Waals surface area contributed by atoms with E-state index in [1.807, 2.05) is 52.0 Å². The fourth-order valence-electron chi connectivity index (χ4n) is 1.15. The van der Waals surface area contributed by atoms with E-state index in [4.69, 9.17) is 11.1 Å². The molecule has 0 spiro atoms. The largest absolute Gasteiger partial charge is 0.383 e. The van der Waals surface area contributed by atoms with E-state index >= 15 is 0 Å². The van der Waals surface area contributed by atoms with Gasteiger partial charge in [0.15, 0.2) is 5.84 Å². The van der Waals surface area contributed by atoms with Gasteiger partial charge in [0.2, 0.25) is 0 Å². The highest BCUT2D eigenvalue weighted by Gasteiger charge is 2.16. The van der Waals surface area contributed by atoms with Crippen LogP contribution in [0.3, 0.4) is 0 Å². The van der Waals surface area contributed by atoms with Crippen molar-refractivity contribution in [3.8, 4) is 0 Å². The molecule has 3 N–H and O–H groups in total. The van der Waals surface area contributed by atoms with Crippen LogP contribution in [0.15, 0.2) is 29.3 Å². The van der Waals surface area contributed by atoms with Gasteiger partial charge in [-0.05, 0) is 0 Å². The first-order chi connectivity index (χ1) is 7.29. The maximum atomic E-state index is 7.39. The molecule has 0 radical (unpaired) electrons. The van der Waals surface area contributed by atoms with E-state index < -0.39 is 0 Å². The molecular weight excluding hydrogens is 186 g/mol. The van der Waals surface area contributed by atoms with Crippen LogP contribution in [0.25, 0.3) is 0 Å². The zero-order valence-corrected chi connectivity index (χ0v) is 9.83. The van der Waals surface area contributed by atoms with Gasteiger partial charge in [-0.15, -0.1) is 0 Å². The Labute approximate surface area is 91.5 Å². The van der Waals surface area contributed by atoms with Crippen molar-refractivity contribution in [3.05, 3.63) is 35.4 Å². The first-order valence-corrected chi connectivity index (χ1v) is 5.31. The summed E-state index contributed by atoms with van der Waals surface area (Å²) >= 11 is 0. The number of hydrogen-bond acceptors (Lipinski definition) is 2. The molecule has 0 bridgehead atoms. The monoisotopic (exact) mass is 205 g/mol. The zero-order valence-electron chi connectivity index (χ0n) is 9.83. The maximum absolute atomic E-state index is 7.39. The van der Waals surface area contributed by atoms with E-state index in [9.17, 15) is 0 Å². The van der Waals surface area contributed by atoms with E-state index in [1.165, 1.54) is 0 Å². The van der Waals surface area contributed by atoms with E-state index in [0.717, 1.165) is 11.1 Å². The molecule has 1 aromatic carbocycles. The minimum Gasteiger partial charge on any atom is -0.383 e. The Morgan fingerprint density at radius 1 is 1.00 bits per heavy atom. The number of nitrogens with one attached hydrogen (secondary N) is 1. The molecule has 0 aliphatic carbocycles. The molecule has 82 valence electrons. The molecule has 0 aromatic heterocycles. The third-order valence-corrected chi connectivity index (χ3v) is 1.69. The molecule has 2 rings (SSSR count). The minimum atomic E-state index is 0.262. The Bertz CT molecular complexity index is 354. The van der Waals surface area contributed by atoms with Gasteiger partial charge in [-0.1, -0.05) is 52.0 Å². The predicted molar refractivity (Wildman–Crippen MR) is 66.7 cm³/mol. The van der Waals surface area contributed by atoms with Crippen LogP contribution in [0.5, 0.6) is 0 Å². The molecule has 0 atom stereocenters. The number of benzene rings is 1. The summed E-state index contributed by atoms with van der Waals surface area (Å²) in [5, 5.41) is 7.39. The van der Waals surface area contributed by atoms with Crippen LogP contribution in [0.1, 0.15) is 38.8 Å². The summed E-state index contributed by atoms with van der Waals surface area (Å²) in [5.74, 6) is 0.712. The third-order valence-electron chi connectivity index (χ3n) is 1.69.